The summed E-state index contributed by atoms with van der Waals surface area (Å²) in [5.41, 5.74) is 7.05. The minimum Gasteiger partial charge on any atom is -0.461 e. The maximum atomic E-state index is 11.7. The van der Waals surface area contributed by atoms with Gasteiger partial charge >= 0.3 is 5.97 Å². The Kier molecular flexibility index (Phi) is 6.01. The van der Waals surface area contributed by atoms with Crippen molar-refractivity contribution in [3.05, 3.63) is 34.3 Å². The highest BCUT2D eigenvalue weighted by atomic mass is 79.9. The number of halogens is 1. The Morgan fingerprint density at radius 1 is 1.32 bits per heavy atom. The molecular weight excluding hydrogens is 306 g/mol. The lowest BCUT2D eigenvalue weighted by molar-refractivity contribution is -0.145. The highest BCUT2D eigenvalue weighted by molar-refractivity contribution is 9.10. The number of carbonyl (C=O) groups excluding carboxylic acids is 1. The zero-order valence-corrected chi connectivity index (χ0v) is 13.4. The van der Waals surface area contributed by atoms with Crippen molar-refractivity contribution < 1.29 is 9.53 Å². The molecule has 1 unspecified atom stereocenters. The van der Waals surface area contributed by atoms with Crippen molar-refractivity contribution in [2.24, 2.45) is 11.1 Å². The number of carbonyl (C=O) groups is 1. The second-order valence-corrected chi connectivity index (χ2v) is 6.93. The number of ether oxygens (including phenoxy) is 1. The first-order valence-corrected chi connectivity index (χ1v) is 7.21. The Morgan fingerprint density at radius 3 is 2.42 bits per heavy atom. The first kappa shape index (κ1) is 16.2. The van der Waals surface area contributed by atoms with Gasteiger partial charge in [-0.05, 0) is 29.5 Å². The first-order chi connectivity index (χ1) is 8.76. The molecule has 2 N–H and O–H groups in total. The summed E-state index contributed by atoms with van der Waals surface area (Å²) in [7, 11) is 0. The van der Waals surface area contributed by atoms with Gasteiger partial charge in [-0.2, -0.15) is 0 Å². The van der Waals surface area contributed by atoms with Crippen LogP contribution >= 0.6 is 15.9 Å². The standard InChI is InChI=1S/C15H22BrNO2/c1-15(2,3)9-13(17)8-14(18)19-10-11-4-6-12(16)7-5-11/h4-7,13H,8-10,17H2,1-3H3. The van der Waals surface area contributed by atoms with Crippen LogP contribution in [0.15, 0.2) is 28.7 Å². The van der Waals surface area contributed by atoms with Crippen molar-refractivity contribution in [1.82, 2.24) is 0 Å². The third-order valence-electron chi connectivity index (χ3n) is 2.62. The van der Waals surface area contributed by atoms with Crippen LogP contribution in [0.3, 0.4) is 0 Å². The fourth-order valence-corrected chi connectivity index (χ4v) is 2.14. The number of rotatable bonds is 5. The summed E-state index contributed by atoms with van der Waals surface area (Å²) in [5.74, 6) is -0.236. The van der Waals surface area contributed by atoms with Crippen LogP contribution in [0.1, 0.15) is 39.2 Å². The zero-order chi connectivity index (χ0) is 14.5. The van der Waals surface area contributed by atoms with Gasteiger partial charge in [-0.25, -0.2) is 0 Å². The van der Waals surface area contributed by atoms with E-state index in [1.54, 1.807) is 0 Å². The number of hydrogen-bond donors (Lipinski definition) is 1. The molecule has 0 saturated carbocycles. The van der Waals surface area contributed by atoms with Crippen molar-refractivity contribution >= 4 is 21.9 Å². The van der Waals surface area contributed by atoms with E-state index in [9.17, 15) is 4.79 Å². The Hall–Kier alpha value is -0.870. The lowest BCUT2D eigenvalue weighted by Gasteiger charge is -2.22. The molecule has 1 rings (SSSR count). The molecule has 0 saturated heterocycles. The van der Waals surface area contributed by atoms with Gasteiger partial charge in [0.1, 0.15) is 6.61 Å². The molecule has 0 aliphatic rings. The average molecular weight is 328 g/mol. The first-order valence-electron chi connectivity index (χ1n) is 6.42. The number of benzene rings is 1. The molecule has 0 amide bonds. The third kappa shape index (κ3) is 7.33. The Balaban J connectivity index is 2.33. The van der Waals surface area contributed by atoms with E-state index in [1.807, 2.05) is 24.3 Å². The van der Waals surface area contributed by atoms with Crippen molar-refractivity contribution in [2.75, 3.05) is 0 Å². The number of hydrogen-bond acceptors (Lipinski definition) is 3. The van der Waals surface area contributed by atoms with E-state index in [0.29, 0.717) is 6.61 Å². The van der Waals surface area contributed by atoms with Crippen LogP contribution in [0, 0.1) is 5.41 Å². The Morgan fingerprint density at radius 2 is 1.89 bits per heavy atom. The van der Waals surface area contributed by atoms with Gasteiger partial charge in [-0.1, -0.05) is 48.8 Å². The van der Waals surface area contributed by atoms with Gasteiger partial charge in [-0.15, -0.1) is 0 Å². The van der Waals surface area contributed by atoms with Gasteiger partial charge < -0.3 is 10.5 Å². The van der Waals surface area contributed by atoms with Gasteiger partial charge in [0.25, 0.3) is 0 Å². The predicted octanol–water partition coefficient (Wildman–Crippen LogP) is 3.65. The van der Waals surface area contributed by atoms with Crippen LogP contribution < -0.4 is 5.73 Å². The summed E-state index contributed by atoms with van der Waals surface area (Å²) in [6, 6.07) is 7.56. The normalized spacial score (nSPS) is 13.1. The topological polar surface area (TPSA) is 52.3 Å². The SMILES string of the molecule is CC(C)(C)CC(N)CC(=O)OCc1ccc(Br)cc1. The summed E-state index contributed by atoms with van der Waals surface area (Å²) >= 11 is 3.36. The van der Waals surface area contributed by atoms with Crippen molar-refractivity contribution in [3.63, 3.8) is 0 Å². The smallest absolute Gasteiger partial charge is 0.307 e. The van der Waals surface area contributed by atoms with E-state index in [0.717, 1.165) is 16.5 Å². The van der Waals surface area contributed by atoms with Crippen molar-refractivity contribution in [1.29, 1.82) is 0 Å². The monoisotopic (exact) mass is 327 g/mol. The van der Waals surface area contributed by atoms with Gasteiger partial charge in [0.15, 0.2) is 0 Å². The second-order valence-electron chi connectivity index (χ2n) is 6.02. The van der Waals surface area contributed by atoms with Crippen molar-refractivity contribution in [3.8, 4) is 0 Å². The van der Waals surface area contributed by atoms with Crippen LogP contribution in [0.25, 0.3) is 0 Å². The quantitative estimate of drug-likeness (QED) is 0.840. The molecule has 0 aromatic heterocycles. The van der Waals surface area contributed by atoms with E-state index in [4.69, 9.17) is 10.5 Å². The van der Waals surface area contributed by atoms with Crippen LogP contribution in [0.4, 0.5) is 0 Å². The molecule has 4 heteroatoms. The third-order valence-corrected chi connectivity index (χ3v) is 3.15. The van der Waals surface area contributed by atoms with Gasteiger partial charge in [0, 0.05) is 10.5 Å². The summed E-state index contributed by atoms with van der Waals surface area (Å²) < 4.78 is 6.23. The summed E-state index contributed by atoms with van der Waals surface area (Å²) in [6.45, 7) is 6.63. The maximum Gasteiger partial charge on any atom is 0.307 e. The molecular formula is C15H22BrNO2. The molecule has 0 aliphatic heterocycles. The summed E-state index contributed by atoms with van der Waals surface area (Å²) in [4.78, 5) is 11.7. The van der Waals surface area contributed by atoms with Crippen LogP contribution in [-0.4, -0.2) is 12.0 Å². The average Bonchev–Trinajstić information content (AvgIpc) is 2.25. The highest BCUT2D eigenvalue weighted by Crippen LogP contribution is 2.21. The number of nitrogens with two attached hydrogens (primary N) is 1. The maximum absolute atomic E-state index is 11.7. The number of esters is 1. The molecule has 1 aromatic carbocycles. The lowest BCUT2D eigenvalue weighted by atomic mass is 9.87. The molecule has 0 radical (unpaired) electrons. The van der Waals surface area contributed by atoms with Crippen LogP contribution in [0.2, 0.25) is 0 Å². The minimum atomic E-state index is -0.236. The minimum absolute atomic E-state index is 0.130. The summed E-state index contributed by atoms with van der Waals surface area (Å²) in [5, 5.41) is 0. The molecule has 3 nitrogen and oxygen atoms in total. The molecule has 0 bridgehead atoms. The predicted molar refractivity (Wildman–Crippen MR) is 80.6 cm³/mol. The molecule has 0 fully saturated rings. The Bertz CT molecular complexity index is 409. The molecule has 0 spiro atoms. The molecule has 19 heavy (non-hydrogen) atoms. The Labute approximate surface area is 123 Å². The van der Waals surface area contributed by atoms with E-state index in [1.165, 1.54) is 0 Å². The second kappa shape index (κ2) is 7.06. The fraction of sp³-hybridized carbons (Fsp3) is 0.533. The van der Waals surface area contributed by atoms with Gasteiger partial charge in [0.05, 0.1) is 6.42 Å². The summed E-state index contributed by atoms with van der Waals surface area (Å²) in [6.07, 6.45) is 1.08. The molecule has 0 heterocycles. The van der Waals surface area contributed by atoms with E-state index < -0.39 is 0 Å². The molecule has 1 atom stereocenters. The molecule has 1 aromatic rings. The molecule has 106 valence electrons. The van der Waals surface area contributed by atoms with E-state index in [2.05, 4.69) is 36.7 Å². The molecule has 0 aliphatic carbocycles. The van der Waals surface area contributed by atoms with E-state index in [-0.39, 0.29) is 23.8 Å². The largest absolute Gasteiger partial charge is 0.461 e. The van der Waals surface area contributed by atoms with E-state index >= 15 is 0 Å². The van der Waals surface area contributed by atoms with Crippen LogP contribution in [0.5, 0.6) is 0 Å². The fourth-order valence-electron chi connectivity index (χ4n) is 1.88. The van der Waals surface area contributed by atoms with Gasteiger partial charge in [-0.3, -0.25) is 4.79 Å². The highest BCUT2D eigenvalue weighted by Gasteiger charge is 2.18. The van der Waals surface area contributed by atoms with Crippen molar-refractivity contribution in [2.45, 2.75) is 46.3 Å². The van der Waals surface area contributed by atoms with Crippen LogP contribution in [-0.2, 0) is 16.1 Å². The lowest BCUT2D eigenvalue weighted by Crippen LogP contribution is -2.29. The van der Waals surface area contributed by atoms with Gasteiger partial charge in [0.2, 0.25) is 0 Å². The zero-order valence-electron chi connectivity index (χ0n) is 11.8.